The number of likely N-dealkylation sites (N-methyl/N-ethyl adjacent to an activating group) is 1. The maximum Gasteiger partial charge on any atom is 0.264 e. The fourth-order valence-corrected chi connectivity index (χ4v) is 6.51. The molecule has 4 aromatic carbocycles. The number of aryl methyl sites for hydroxylation is 1. The van der Waals surface area contributed by atoms with Crippen molar-refractivity contribution >= 4 is 39.1 Å². The van der Waals surface area contributed by atoms with Crippen molar-refractivity contribution in [3.05, 3.63) is 125 Å². The lowest BCUT2D eigenvalue weighted by Crippen LogP contribution is -2.53. The number of halogens is 1. The first-order valence-electron chi connectivity index (χ1n) is 14.2. The van der Waals surface area contributed by atoms with Crippen LogP contribution in [0, 0.1) is 6.92 Å². The molecular formula is C34H36ClN3O5S. The van der Waals surface area contributed by atoms with E-state index in [0.717, 1.165) is 21.0 Å². The second-order valence-corrected chi connectivity index (χ2v) is 12.5. The molecule has 44 heavy (non-hydrogen) atoms. The average molecular weight is 634 g/mol. The number of rotatable bonds is 13. The lowest BCUT2D eigenvalue weighted by atomic mass is 10.0. The van der Waals surface area contributed by atoms with E-state index < -0.39 is 28.5 Å². The minimum absolute atomic E-state index is 0.00940. The molecule has 0 aliphatic rings. The molecule has 0 radical (unpaired) electrons. The molecule has 1 atom stereocenters. The zero-order valence-corrected chi connectivity index (χ0v) is 26.5. The van der Waals surface area contributed by atoms with Crippen molar-refractivity contribution in [1.82, 2.24) is 10.2 Å². The van der Waals surface area contributed by atoms with E-state index in [4.69, 9.17) is 16.3 Å². The van der Waals surface area contributed by atoms with Crippen molar-refractivity contribution in [3.8, 4) is 5.75 Å². The number of hydrogen-bond donors (Lipinski definition) is 1. The Labute approximate surface area is 264 Å². The van der Waals surface area contributed by atoms with E-state index in [2.05, 4.69) is 5.32 Å². The zero-order valence-electron chi connectivity index (χ0n) is 24.9. The van der Waals surface area contributed by atoms with Gasteiger partial charge in [-0.15, -0.1) is 0 Å². The van der Waals surface area contributed by atoms with Crippen LogP contribution in [0.25, 0.3) is 0 Å². The molecule has 0 fully saturated rings. The highest BCUT2D eigenvalue weighted by molar-refractivity contribution is 7.92. The quantitative estimate of drug-likeness (QED) is 0.206. The van der Waals surface area contributed by atoms with Crippen molar-refractivity contribution < 1.29 is 22.7 Å². The number of ether oxygens (including phenoxy) is 1. The molecule has 4 aromatic rings. The number of anilines is 1. The van der Waals surface area contributed by atoms with E-state index in [0.29, 0.717) is 6.54 Å². The minimum atomic E-state index is -4.28. The number of hydrogen-bond acceptors (Lipinski definition) is 5. The fourth-order valence-electron chi connectivity index (χ4n) is 4.91. The highest BCUT2D eigenvalue weighted by atomic mass is 35.5. The second-order valence-electron chi connectivity index (χ2n) is 10.2. The summed E-state index contributed by atoms with van der Waals surface area (Å²) >= 11 is 6.33. The highest BCUT2D eigenvalue weighted by Crippen LogP contribution is 2.35. The Morgan fingerprint density at radius 3 is 2.18 bits per heavy atom. The Morgan fingerprint density at radius 2 is 1.55 bits per heavy atom. The summed E-state index contributed by atoms with van der Waals surface area (Å²) in [5, 5.41) is 3.13. The Balaban J connectivity index is 1.85. The van der Waals surface area contributed by atoms with E-state index in [1.165, 1.54) is 30.2 Å². The summed E-state index contributed by atoms with van der Waals surface area (Å²) in [5.41, 5.74) is 2.73. The molecular weight excluding hydrogens is 598 g/mol. The monoisotopic (exact) mass is 633 g/mol. The predicted octanol–water partition coefficient (Wildman–Crippen LogP) is 5.63. The molecule has 2 amide bonds. The third kappa shape index (κ3) is 7.78. The van der Waals surface area contributed by atoms with Crippen LogP contribution in [0.1, 0.15) is 23.6 Å². The maximum absolute atomic E-state index is 14.5. The fraction of sp³-hybridized carbons (Fsp3) is 0.235. The van der Waals surface area contributed by atoms with Crippen LogP contribution in [0.2, 0.25) is 5.02 Å². The zero-order chi connectivity index (χ0) is 31.7. The number of methoxy groups -OCH3 is 1. The van der Waals surface area contributed by atoms with Crippen molar-refractivity contribution in [1.29, 1.82) is 0 Å². The summed E-state index contributed by atoms with van der Waals surface area (Å²) in [7, 11) is -2.87. The topological polar surface area (TPSA) is 96.0 Å². The summed E-state index contributed by atoms with van der Waals surface area (Å²) in [6.07, 6.45) is 0.232. The van der Waals surface area contributed by atoms with Gasteiger partial charge in [-0.25, -0.2) is 8.42 Å². The van der Waals surface area contributed by atoms with Gasteiger partial charge in [-0.05, 0) is 60.9 Å². The Hall–Kier alpha value is -4.34. The number of nitrogens with one attached hydrogen (secondary N) is 1. The van der Waals surface area contributed by atoms with E-state index in [1.54, 1.807) is 30.3 Å². The van der Waals surface area contributed by atoms with Gasteiger partial charge in [0.1, 0.15) is 18.3 Å². The van der Waals surface area contributed by atoms with E-state index in [1.807, 2.05) is 68.4 Å². The maximum atomic E-state index is 14.5. The standard InChI is InChI=1S/C34H36ClN3O5S/c1-4-36-34(40)31(21-26-14-7-5-8-15-26)37(23-27-16-12-11-13-25(27)2)33(39)24-38(30-22-28(35)19-20-32(30)43-3)44(41,42)29-17-9-6-10-18-29/h5-20,22,31H,4,21,23-24H2,1-3H3,(H,36,40)/t31-/m0/s1. The van der Waals surface area contributed by atoms with Gasteiger partial charge >= 0.3 is 0 Å². The second kappa shape index (κ2) is 14.9. The predicted molar refractivity (Wildman–Crippen MR) is 173 cm³/mol. The number of benzene rings is 4. The molecule has 0 saturated heterocycles. The smallest absolute Gasteiger partial charge is 0.264 e. The molecule has 0 aromatic heterocycles. The SMILES string of the molecule is CCNC(=O)[C@H](Cc1ccccc1)N(Cc1ccccc1C)C(=O)CN(c1cc(Cl)ccc1OC)S(=O)(=O)c1ccccc1. The van der Waals surface area contributed by atoms with Gasteiger partial charge in [0.15, 0.2) is 0 Å². The van der Waals surface area contributed by atoms with Gasteiger partial charge < -0.3 is 15.0 Å². The van der Waals surface area contributed by atoms with Crippen LogP contribution in [-0.4, -0.2) is 51.4 Å². The number of carbonyl (C=O) groups is 2. The van der Waals surface area contributed by atoms with Crippen molar-refractivity contribution in [3.63, 3.8) is 0 Å². The lowest BCUT2D eigenvalue weighted by Gasteiger charge is -2.34. The minimum Gasteiger partial charge on any atom is -0.495 e. The summed E-state index contributed by atoms with van der Waals surface area (Å²) in [5.74, 6) is -0.685. The largest absolute Gasteiger partial charge is 0.495 e. The highest BCUT2D eigenvalue weighted by Gasteiger charge is 2.35. The van der Waals surface area contributed by atoms with Gasteiger partial charge in [-0.2, -0.15) is 0 Å². The average Bonchev–Trinajstić information content (AvgIpc) is 3.03. The van der Waals surface area contributed by atoms with Gasteiger partial charge in [-0.1, -0.05) is 84.4 Å². The molecule has 10 heteroatoms. The molecule has 0 heterocycles. The van der Waals surface area contributed by atoms with Crippen LogP contribution in [-0.2, 0) is 32.6 Å². The summed E-state index contributed by atoms with van der Waals surface area (Å²) < 4.78 is 34.8. The van der Waals surface area contributed by atoms with Crippen LogP contribution in [0.5, 0.6) is 5.75 Å². The molecule has 4 rings (SSSR count). The van der Waals surface area contributed by atoms with Gasteiger partial charge in [-0.3, -0.25) is 13.9 Å². The molecule has 230 valence electrons. The first kappa shape index (κ1) is 32.6. The third-order valence-electron chi connectivity index (χ3n) is 7.24. The van der Waals surface area contributed by atoms with Crippen LogP contribution in [0.4, 0.5) is 5.69 Å². The number of nitrogens with zero attached hydrogens (tertiary/aromatic N) is 2. The summed E-state index contributed by atoms with van der Waals surface area (Å²) in [6.45, 7) is 3.59. The van der Waals surface area contributed by atoms with Gasteiger partial charge in [0.2, 0.25) is 11.8 Å². The molecule has 0 aliphatic carbocycles. The molecule has 0 saturated carbocycles. The third-order valence-corrected chi connectivity index (χ3v) is 9.25. The van der Waals surface area contributed by atoms with Crippen molar-refractivity contribution in [2.24, 2.45) is 0 Å². The molecule has 8 nitrogen and oxygen atoms in total. The summed E-state index contributed by atoms with van der Waals surface area (Å²) in [6, 6.07) is 28.5. The Morgan fingerprint density at radius 1 is 0.909 bits per heavy atom. The van der Waals surface area contributed by atoms with E-state index >= 15 is 0 Å². The van der Waals surface area contributed by atoms with Crippen LogP contribution < -0.4 is 14.4 Å². The van der Waals surface area contributed by atoms with Gasteiger partial charge in [0, 0.05) is 24.5 Å². The Bertz CT molecular complexity index is 1680. The van der Waals surface area contributed by atoms with Gasteiger partial charge in [0.05, 0.1) is 17.7 Å². The van der Waals surface area contributed by atoms with Gasteiger partial charge in [0.25, 0.3) is 10.0 Å². The lowest BCUT2D eigenvalue weighted by molar-refractivity contribution is -0.140. The van der Waals surface area contributed by atoms with Crippen LogP contribution in [0.15, 0.2) is 108 Å². The molecule has 0 bridgehead atoms. The summed E-state index contributed by atoms with van der Waals surface area (Å²) in [4.78, 5) is 29.6. The number of carbonyl (C=O) groups excluding carboxylic acids is 2. The number of amides is 2. The Kier molecular flexibility index (Phi) is 11.0. The van der Waals surface area contributed by atoms with E-state index in [9.17, 15) is 18.0 Å². The van der Waals surface area contributed by atoms with Crippen LogP contribution in [0.3, 0.4) is 0 Å². The molecule has 1 N–H and O–H groups in total. The first-order chi connectivity index (χ1) is 21.1. The van der Waals surface area contributed by atoms with E-state index in [-0.39, 0.29) is 40.2 Å². The van der Waals surface area contributed by atoms with Crippen molar-refractivity contribution in [2.75, 3.05) is 24.5 Å². The van der Waals surface area contributed by atoms with Crippen molar-refractivity contribution in [2.45, 2.75) is 37.8 Å². The first-order valence-corrected chi connectivity index (χ1v) is 16.0. The molecule has 0 aliphatic heterocycles. The van der Waals surface area contributed by atoms with Crippen LogP contribution >= 0.6 is 11.6 Å². The normalized spacial score (nSPS) is 11.8. The number of sulfonamides is 1. The molecule has 0 spiro atoms. The molecule has 0 unspecified atom stereocenters.